The Morgan fingerprint density at radius 3 is 1.84 bits per heavy atom. The summed E-state index contributed by atoms with van der Waals surface area (Å²) in [4.78, 5) is 0. The summed E-state index contributed by atoms with van der Waals surface area (Å²) in [6.45, 7) is 1.06. The van der Waals surface area contributed by atoms with E-state index in [-0.39, 0.29) is 21.8 Å². The van der Waals surface area contributed by atoms with Crippen LogP contribution in [0.5, 0.6) is 0 Å². The van der Waals surface area contributed by atoms with E-state index >= 15 is 0 Å². The van der Waals surface area contributed by atoms with E-state index in [2.05, 4.69) is 0 Å². The Kier molecular flexibility index (Phi) is 5.89. The summed E-state index contributed by atoms with van der Waals surface area (Å²) >= 11 is 0. The Labute approximate surface area is 139 Å². The third-order valence-corrected chi connectivity index (χ3v) is 6.30. The molecule has 1 aromatic rings. The highest BCUT2D eigenvalue weighted by molar-refractivity contribution is 7.92. The van der Waals surface area contributed by atoms with Crippen LogP contribution in [-0.4, -0.2) is 32.4 Å². The summed E-state index contributed by atoms with van der Waals surface area (Å²) in [6, 6.07) is 0. The number of nitrogens with zero attached hydrogens (tertiary/aromatic N) is 2. The van der Waals surface area contributed by atoms with Crippen molar-refractivity contribution in [2.45, 2.75) is 53.9 Å². The lowest BCUT2D eigenvalue weighted by Crippen LogP contribution is -2.39. The fourth-order valence-electron chi connectivity index (χ4n) is 2.07. The summed E-state index contributed by atoms with van der Waals surface area (Å²) in [7, 11) is -11.4. The van der Waals surface area contributed by atoms with Gasteiger partial charge in [-0.1, -0.05) is 13.3 Å². The summed E-state index contributed by atoms with van der Waals surface area (Å²) in [5, 5.41) is -3.12. The number of sulfone groups is 2. The highest BCUT2D eigenvalue weighted by atomic mass is 32.2. The maximum atomic E-state index is 12.8. The SMILES string of the molecule is CCCCCn1c(S(=O)(=O)C(F)(F)F)c[n+](C)c1S(=O)(=O)C(F)(F)F. The Hall–Kier alpha value is -1.31. The topological polar surface area (TPSA) is 77.1 Å². The van der Waals surface area contributed by atoms with Crippen LogP contribution in [0.15, 0.2) is 16.4 Å². The maximum absolute atomic E-state index is 12.8. The fourth-order valence-corrected chi connectivity index (χ4v) is 4.25. The molecular formula is C11H15F6N2O4S2+. The number of hydrogen-bond acceptors (Lipinski definition) is 4. The molecule has 0 atom stereocenters. The lowest BCUT2D eigenvalue weighted by atomic mass is 10.2. The molecule has 1 aromatic heterocycles. The Balaban J connectivity index is 3.77. The molecule has 0 aliphatic heterocycles. The monoisotopic (exact) mass is 417 g/mol. The molecule has 0 fully saturated rings. The molecule has 0 amide bonds. The largest absolute Gasteiger partial charge is 0.509 e. The number of imidazole rings is 1. The van der Waals surface area contributed by atoms with Crippen LogP contribution in [-0.2, 0) is 33.3 Å². The van der Waals surface area contributed by atoms with Crippen LogP contribution in [0.4, 0.5) is 26.3 Å². The van der Waals surface area contributed by atoms with Gasteiger partial charge in [0.15, 0.2) is 6.20 Å². The predicted molar refractivity (Wildman–Crippen MR) is 71.6 cm³/mol. The zero-order valence-corrected chi connectivity index (χ0v) is 14.7. The van der Waals surface area contributed by atoms with E-state index in [1.54, 1.807) is 6.92 Å². The molecule has 0 aromatic carbocycles. The van der Waals surface area contributed by atoms with Crippen LogP contribution < -0.4 is 4.57 Å². The molecule has 0 spiro atoms. The first-order valence-electron chi connectivity index (χ1n) is 6.81. The summed E-state index contributed by atoms with van der Waals surface area (Å²) < 4.78 is 124. The third-order valence-electron chi connectivity index (χ3n) is 3.21. The number of rotatable bonds is 6. The minimum absolute atomic E-state index is 0.00800. The van der Waals surface area contributed by atoms with Crippen LogP contribution in [0.2, 0.25) is 0 Å². The van der Waals surface area contributed by atoms with Crippen molar-refractivity contribution >= 4 is 19.7 Å². The highest BCUT2D eigenvalue weighted by Gasteiger charge is 2.58. The van der Waals surface area contributed by atoms with Gasteiger partial charge in [-0.15, -0.1) is 0 Å². The van der Waals surface area contributed by atoms with Crippen molar-refractivity contribution in [3.05, 3.63) is 6.20 Å². The van der Waals surface area contributed by atoms with E-state index in [9.17, 15) is 43.2 Å². The Morgan fingerprint density at radius 1 is 0.960 bits per heavy atom. The second kappa shape index (κ2) is 6.78. The first kappa shape index (κ1) is 21.7. The van der Waals surface area contributed by atoms with E-state index in [0.29, 0.717) is 12.8 Å². The molecule has 6 nitrogen and oxygen atoms in total. The highest BCUT2D eigenvalue weighted by Crippen LogP contribution is 2.34. The van der Waals surface area contributed by atoms with Gasteiger partial charge < -0.3 is 0 Å². The van der Waals surface area contributed by atoms with Crippen LogP contribution >= 0.6 is 0 Å². The molecular weight excluding hydrogens is 402 g/mol. The normalized spacial score (nSPS) is 14.1. The molecule has 0 saturated heterocycles. The summed E-state index contributed by atoms with van der Waals surface area (Å²) in [5.41, 5.74) is -11.6. The van der Waals surface area contributed by atoms with Gasteiger partial charge in [-0.3, -0.25) is 0 Å². The Morgan fingerprint density at radius 2 is 1.44 bits per heavy atom. The zero-order chi connectivity index (χ0) is 19.8. The van der Waals surface area contributed by atoms with Gasteiger partial charge >= 0.3 is 35.8 Å². The van der Waals surface area contributed by atoms with E-state index in [0.717, 1.165) is 7.05 Å². The molecule has 0 bridgehead atoms. The molecule has 0 aliphatic carbocycles. The van der Waals surface area contributed by atoms with Gasteiger partial charge in [0.25, 0.3) is 5.03 Å². The molecule has 0 N–H and O–H groups in total. The number of unbranched alkanes of at least 4 members (excludes halogenated alkanes) is 2. The van der Waals surface area contributed by atoms with Gasteiger partial charge in [0, 0.05) is 0 Å². The summed E-state index contributed by atoms with van der Waals surface area (Å²) in [6.07, 6.45) is 1.08. The molecule has 14 heteroatoms. The number of aryl methyl sites for hydroxylation is 1. The van der Waals surface area contributed by atoms with E-state index < -0.39 is 47.4 Å². The number of aromatic nitrogens is 2. The number of halogens is 6. The van der Waals surface area contributed by atoms with Crippen LogP contribution in [0.25, 0.3) is 0 Å². The zero-order valence-electron chi connectivity index (χ0n) is 13.0. The molecule has 0 unspecified atom stereocenters. The van der Waals surface area contributed by atoms with Crippen molar-refractivity contribution in [3.8, 4) is 0 Å². The average molecular weight is 417 g/mol. The third kappa shape index (κ3) is 3.93. The van der Waals surface area contributed by atoms with Gasteiger partial charge in [-0.25, -0.2) is 26.0 Å². The smallest absolute Gasteiger partial charge is 0.221 e. The van der Waals surface area contributed by atoms with Crippen molar-refractivity contribution in [1.29, 1.82) is 0 Å². The molecule has 146 valence electrons. The first-order valence-corrected chi connectivity index (χ1v) is 9.77. The molecule has 0 aliphatic rings. The first-order chi connectivity index (χ1) is 11.1. The minimum atomic E-state index is -6.07. The molecule has 0 radical (unpaired) electrons. The van der Waals surface area contributed by atoms with Crippen molar-refractivity contribution in [2.75, 3.05) is 0 Å². The van der Waals surface area contributed by atoms with Crippen LogP contribution in [0.1, 0.15) is 26.2 Å². The van der Waals surface area contributed by atoms with Crippen molar-refractivity contribution in [2.24, 2.45) is 7.05 Å². The average Bonchev–Trinajstić information content (AvgIpc) is 2.74. The number of alkyl halides is 6. The molecule has 25 heavy (non-hydrogen) atoms. The van der Waals surface area contributed by atoms with Crippen molar-refractivity contribution in [1.82, 2.24) is 4.57 Å². The van der Waals surface area contributed by atoms with E-state index in [1.165, 1.54) is 0 Å². The van der Waals surface area contributed by atoms with Gasteiger partial charge in [-0.05, 0) is 12.8 Å². The molecule has 1 rings (SSSR count). The quantitative estimate of drug-likeness (QED) is 0.404. The van der Waals surface area contributed by atoms with Crippen LogP contribution in [0, 0.1) is 0 Å². The van der Waals surface area contributed by atoms with Gasteiger partial charge in [0.05, 0.1) is 13.6 Å². The summed E-state index contributed by atoms with van der Waals surface area (Å²) in [5.74, 6) is 0. The van der Waals surface area contributed by atoms with Crippen LogP contribution in [0.3, 0.4) is 0 Å². The molecule has 0 saturated carbocycles. The Bertz CT molecular complexity index is 837. The standard InChI is InChI=1S/C11H15F6N2O4S2/c1-3-4-5-6-19-8(24(20,21)10(12,13)14)7-18(2)9(19)25(22,23)11(15,16)17/h7H,3-6H2,1-2H3/q+1. The van der Waals surface area contributed by atoms with Crippen molar-refractivity contribution < 1.29 is 47.7 Å². The fraction of sp³-hybridized carbons (Fsp3) is 0.727. The maximum Gasteiger partial charge on any atom is 0.509 e. The number of hydrogen-bond donors (Lipinski definition) is 0. The second-order valence-electron chi connectivity index (χ2n) is 5.12. The lowest BCUT2D eigenvalue weighted by molar-refractivity contribution is -0.711. The van der Waals surface area contributed by atoms with Gasteiger partial charge in [0.2, 0.25) is 0 Å². The predicted octanol–water partition coefficient (Wildman–Crippen LogP) is 2.09. The molecule has 1 heterocycles. The lowest BCUT2D eigenvalue weighted by Gasteiger charge is -2.09. The van der Waals surface area contributed by atoms with Gasteiger partial charge in [-0.2, -0.15) is 26.3 Å². The van der Waals surface area contributed by atoms with E-state index in [1.807, 2.05) is 0 Å². The minimum Gasteiger partial charge on any atom is -0.221 e. The second-order valence-corrected chi connectivity index (χ2v) is 8.84. The van der Waals surface area contributed by atoms with Gasteiger partial charge in [0.1, 0.15) is 0 Å². The van der Waals surface area contributed by atoms with Crippen molar-refractivity contribution in [3.63, 3.8) is 0 Å². The van der Waals surface area contributed by atoms with E-state index in [4.69, 9.17) is 0 Å².